The van der Waals surface area contributed by atoms with Crippen molar-refractivity contribution in [1.29, 1.82) is 0 Å². The molecule has 1 amide bonds. The van der Waals surface area contributed by atoms with Gasteiger partial charge in [0, 0.05) is 6.42 Å². The third-order valence-corrected chi connectivity index (χ3v) is 4.93. The summed E-state index contributed by atoms with van der Waals surface area (Å²) < 4.78 is 5.43. The molecule has 0 unspecified atom stereocenters. The standard InChI is InChI=1S/C25H26N2O5/c26-22(14-17-6-10-20(28)11-7-17)24(30)27-23(15-18-8-12-21(29)13-9-18)25(31)32-16-19-4-2-1-3-5-19/h1-13,22-23,28-29H,14-16,26H2,(H,27,30)/t22-,23-/m0/s1. The molecule has 0 radical (unpaired) electrons. The van der Waals surface area contributed by atoms with E-state index in [1.807, 2.05) is 30.3 Å². The fourth-order valence-electron chi connectivity index (χ4n) is 3.15. The van der Waals surface area contributed by atoms with E-state index in [-0.39, 0.29) is 30.9 Å². The molecule has 5 N–H and O–H groups in total. The van der Waals surface area contributed by atoms with Gasteiger partial charge < -0.3 is 26.0 Å². The first kappa shape index (κ1) is 22.8. The Morgan fingerprint density at radius 3 is 1.88 bits per heavy atom. The highest BCUT2D eigenvalue weighted by atomic mass is 16.5. The molecule has 3 rings (SSSR count). The van der Waals surface area contributed by atoms with Crippen LogP contribution in [-0.2, 0) is 33.8 Å². The first-order chi connectivity index (χ1) is 15.4. The van der Waals surface area contributed by atoms with E-state index in [0.29, 0.717) is 0 Å². The molecule has 0 heterocycles. The van der Waals surface area contributed by atoms with Crippen LogP contribution in [0.15, 0.2) is 78.9 Å². The number of phenols is 2. The van der Waals surface area contributed by atoms with Crippen LogP contribution in [0.25, 0.3) is 0 Å². The Bertz CT molecular complexity index is 1020. The van der Waals surface area contributed by atoms with Crippen LogP contribution >= 0.6 is 0 Å². The Hall–Kier alpha value is -3.84. The summed E-state index contributed by atoms with van der Waals surface area (Å²) in [6, 6.07) is 20.2. The highest BCUT2D eigenvalue weighted by Gasteiger charge is 2.25. The summed E-state index contributed by atoms with van der Waals surface area (Å²) in [4.78, 5) is 25.5. The summed E-state index contributed by atoms with van der Waals surface area (Å²) >= 11 is 0. The number of carbonyl (C=O) groups is 2. The maximum absolute atomic E-state index is 12.8. The summed E-state index contributed by atoms with van der Waals surface area (Å²) in [6.45, 7) is 0.0845. The van der Waals surface area contributed by atoms with Gasteiger partial charge in [0.2, 0.25) is 5.91 Å². The summed E-state index contributed by atoms with van der Waals surface area (Å²) in [7, 11) is 0. The maximum Gasteiger partial charge on any atom is 0.329 e. The van der Waals surface area contributed by atoms with Crippen molar-refractivity contribution in [3.05, 3.63) is 95.6 Å². The van der Waals surface area contributed by atoms with Crippen molar-refractivity contribution in [3.8, 4) is 11.5 Å². The minimum absolute atomic E-state index is 0.0845. The van der Waals surface area contributed by atoms with Crippen LogP contribution in [0.2, 0.25) is 0 Å². The van der Waals surface area contributed by atoms with Gasteiger partial charge in [0.1, 0.15) is 24.1 Å². The monoisotopic (exact) mass is 434 g/mol. The van der Waals surface area contributed by atoms with Crippen molar-refractivity contribution in [2.45, 2.75) is 31.5 Å². The number of benzene rings is 3. The van der Waals surface area contributed by atoms with Crippen molar-refractivity contribution < 1.29 is 24.5 Å². The Labute approximate surface area is 186 Å². The molecule has 0 spiro atoms. The number of carbonyl (C=O) groups excluding carboxylic acids is 2. The van der Waals surface area contributed by atoms with Gasteiger partial charge in [-0.15, -0.1) is 0 Å². The zero-order valence-electron chi connectivity index (χ0n) is 17.5. The normalized spacial score (nSPS) is 12.5. The smallest absolute Gasteiger partial charge is 0.329 e. The lowest BCUT2D eigenvalue weighted by Gasteiger charge is -2.20. The molecule has 3 aromatic rings. The van der Waals surface area contributed by atoms with E-state index in [4.69, 9.17) is 10.5 Å². The van der Waals surface area contributed by atoms with E-state index in [1.54, 1.807) is 24.3 Å². The second kappa shape index (κ2) is 11.0. The number of ether oxygens (including phenoxy) is 1. The van der Waals surface area contributed by atoms with Crippen molar-refractivity contribution in [2.75, 3.05) is 0 Å². The zero-order valence-corrected chi connectivity index (χ0v) is 17.5. The fraction of sp³-hybridized carbons (Fsp3) is 0.200. The minimum Gasteiger partial charge on any atom is -0.508 e. The van der Waals surface area contributed by atoms with Crippen molar-refractivity contribution in [3.63, 3.8) is 0 Å². The second-order valence-electron chi connectivity index (χ2n) is 7.50. The lowest BCUT2D eigenvalue weighted by molar-refractivity contribution is -0.149. The van der Waals surface area contributed by atoms with Crippen LogP contribution in [0.5, 0.6) is 11.5 Å². The van der Waals surface area contributed by atoms with Crippen molar-refractivity contribution >= 4 is 11.9 Å². The minimum atomic E-state index is -0.943. The van der Waals surface area contributed by atoms with Crippen LogP contribution < -0.4 is 11.1 Å². The van der Waals surface area contributed by atoms with Crippen LogP contribution in [0.1, 0.15) is 16.7 Å². The molecule has 0 bridgehead atoms. The molecule has 166 valence electrons. The Morgan fingerprint density at radius 2 is 1.31 bits per heavy atom. The quantitative estimate of drug-likeness (QED) is 0.384. The molecule has 0 fully saturated rings. The van der Waals surface area contributed by atoms with Gasteiger partial charge in [0.15, 0.2) is 0 Å². The largest absolute Gasteiger partial charge is 0.508 e. The SMILES string of the molecule is N[C@@H](Cc1ccc(O)cc1)C(=O)N[C@@H](Cc1ccc(O)cc1)C(=O)OCc1ccccc1. The average Bonchev–Trinajstić information content (AvgIpc) is 2.80. The van der Waals surface area contributed by atoms with Gasteiger partial charge in [-0.25, -0.2) is 4.79 Å². The average molecular weight is 434 g/mol. The van der Waals surface area contributed by atoms with Gasteiger partial charge in [0.25, 0.3) is 0 Å². The molecule has 32 heavy (non-hydrogen) atoms. The van der Waals surface area contributed by atoms with Crippen molar-refractivity contribution in [2.24, 2.45) is 5.73 Å². The lowest BCUT2D eigenvalue weighted by atomic mass is 10.0. The molecular formula is C25H26N2O5. The summed E-state index contributed by atoms with van der Waals surface area (Å²) in [5, 5.41) is 21.6. The topological polar surface area (TPSA) is 122 Å². The summed E-state index contributed by atoms with van der Waals surface area (Å²) in [5.74, 6) is -0.829. The third kappa shape index (κ3) is 6.85. The summed E-state index contributed by atoms with van der Waals surface area (Å²) in [6.07, 6.45) is 0.433. The van der Waals surface area contributed by atoms with Crippen LogP contribution in [0.4, 0.5) is 0 Å². The van der Waals surface area contributed by atoms with Gasteiger partial charge in [-0.2, -0.15) is 0 Å². The molecule has 0 saturated heterocycles. The van der Waals surface area contributed by atoms with Crippen LogP contribution in [-0.4, -0.2) is 34.2 Å². The van der Waals surface area contributed by atoms with Crippen LogP contribution in [0, 0.1) is 0 Å². The van der Waals surface area contributed by atoms with Crippen LogP contribution in [0.3, 0.4) is 0 Å². The number of esters is 1. The number of hydrogen-bond acceptors (Lipinski definition) is 6. The molecule has 2 atom stereocenters. The molecule has 3 aromatic carbocycles. The number of phenolic OH excluding ortho intramolecular Hbond substituents is 2. The highest BCUT2D eigenvalue weighted by Crippen LogP contribution is 2.14. The molecule has 7 heteroatoms. The zero-order chi connectivity index (χ0) is 22.9. The predicted molar refractivity (Wildman–Crippen MR) is 120 cm³/mol. The third-order valence-electron chi connectivity index (χ3n) is 4.93. The number of rotatable bonds is 9. The number of aromatic hydroxyl groups is 2. The van der Waals surface area contributed by atoms with Gasteiger partial charge in [-0.05, 0) is 47.4 Å². The second-order valence-corrected chi connectivity index (χ2v) is 7.50. The number of nitrogens with one attached hydrogen (secondary N) is 1. The lowest BCUT2D eigenvalue weighted by Crippen LogP contribution is -2.50. The first-order valence-corrected chi connectivity index (χ1v) is 10.2. The molecular weight excluding hydrogens is 408 g/mol. The molecule has 0 aliphatic heterocycles. The van der Waals surface area contributed by atoms with Crippen molar-refractivity contribution in [1.82, 2.24) is 5.32 Å². The first-order valence-electron chi connectivity index (χ1n) is 10.2. The number of amides is 1. The maximum atomic E-state index is 12.8. The van der Waals surface area contributed by atoms with E-state index >= 15 is 0 Å². The van der Waals surface area contributed by atoms with Gasteiger partial charge >= 0.3 is 5.97 Å². The molecule has 0 aromatic heterocycles. The van der Waals surface area contributed by atoms with E-state index < -0.39 is 24.0 Å². The Morgan fingerprint density at radius 1 is 0.781 bits per heavy atom. The molecule has 0 aliphatic carbocycles. The van der Waals surface area contributed by atoms with Gasteiger partial charge in [-0.1, -0.05) is 54.6 Å². The van der Waals surface area contributed by atoms with E-state index in [2.05, 4.69) is 5.32 Å². The number of hydrogen-bond donors (Lipinski definition) is 4. The van der Waals surface area contributed by atoms with Gasteiger partial charge in [-0.3, -0.25) is 4.79 Å². The molecule has 0 aliphatic rings. The Balaban J connectivity index is 1.67. The van der Waals surface area contributed by atoms with E-state index in [9.17, 15) is 19.8 Å². The van der Waals surface area contributed by atoms with E-state index in [0.717, 1.165) is 16.7 Å². The van der Waals surface area contributed by atoms with Gasteiger partial charge in [0.05, 0.1) is 6.04 Å². The predicted octanol–water partition coefficient (Wildman–Crippen LogP) is 2.44. The Kier molecular flexibility index (Phi) is 7.83. The summed E-state index contributed by atoms with van der Waals surface area (Å²) in [5.41, 5.74) is 8.42. The van der Waals surface area contributed by atoms with E-state index in [1.165, 1.54) is 24.3 Å². The molecule has 0 saturated carbocycles. The highest BCUT2D eigenvalue weighted by molar-refractivity contribution is 5.87. The number of nitrogens with two attached hydrogens (primary N) is 1. The molecule has 7 nitrogen and oxygen atoms in total. The fourth-order valence-corrected chi connectivity index (χ4v) is 3.15.